The van der Waals surface area contributed by atoms with E-state index in [0.29, 0.717) is 5.15 Å². The third-order valence-corrected chi connectivity index (χ3v) is 4.85. The van der Waals surface area contributed by atoms with Crippen LogP contribution in [0.5, 0.6) is 0 Å². The Morgan fingerprint density at radius 2 is 1.86 bits per heavy atom. The highest BCUT2D eigenvalue weighted by Crippen LogP contribution is 2.30. The fourth-order valence-corrected chi connectivity index (χ4v) is 2.98. The third-order valence-electron chi connectivity index (χ3n) is 3.30. The van der Waals surface area contributed by atoms with Crippen LogP contribution in [-0.2, 0) is 5.41 Å². The first-order valence-electron chi connectivity index (χ1n) is 7.06. The number of halogens is 1. The van der Waals surface area contributed by atoms with Crippen LogP contribution in [0.2, 0.25) is 5.15 Å². The average Bonchev–Trinajstić information content (AvgIpc) is 2.80. The van der Waals surface area contributed by atoms with Crippen LogP contribution in [-0.4, -0.2) is 9.97 Å². The van der Waals surface area contributed by atoms with Gasteiger partial charge in [-0.25, -0.2) is 9.97 Å². The van der Waals surface area contributed by atoms with Crippen molar-refractivity contribution in [2.75, 3.05) is 5.32 Å². The zero-order valence-corrected chi connectivity index (χ0v) is 15.0. The molecule has 0 saturated carbocycles. The van der Waals surface area contributed by atoms with E-state index >= 15 is 0 Å². The molecule has 1 atom stereocenters. The van der Waals surface area contributed by atoms with Gasteiger partial charge in [0.2, 0.25) is 0 Å². The molecule has 0 spiro atoms. The van der Waals surface area contributed by atoms with Gasteiger partial charge in [-0.3, -0.25) is 0 Å². The summed E-state index contributed by atoms with van der Waals surface area (Å²) in [5, 5.41) is 3.99. The summed E-state index contributed by atoms with van der Waals surface area (Å²) < 4.78 is 0. The van der Waals surface area contributed by atoms with Crippen LogP contribution in [0.1, 0.15) is 54.9 Å². The molecule has 0 bridgehead atoms. The van der Waals surface area contributed by atoms with E-state index < -0.39 is 0 Å². The van der Waals surface area contributed by atoms with Crippen molar-refractivity contribution < 1.29 is 0 Å². The maximum Gasteiger partial charge on any atom is 0.137 e. The summed E-state index contributed by atoms with van der Waals surface area (Å²) >= 11 is 8.07. The Labute approximate surface area is 135 Å². The Balaban J connectivity index is 2.33. The summed E-state index contributed by atoms with van der Waals surface area (Å²) in [6.45, 7) is 12.5. The second-order valence-corrected chi connectivity index (χ2v) is 8.05. The molecule has 0 aliphatic heterocycles. The van der Waals surface area contributed by atoms with Gasteiger partial charge in [-0.2, -0.15) is 0 Å². The molecule has 0 aliphatic carbocycles. The molecule has 2 aromatic rings. The van der Waals surface area contributed by atoms with Crippen molar-refractivity contribution in [3.05, 3.63) is 38.4 Å². The number of nitrogens with one attached hydrogen (secondary N) is 1. The Kier molecular flexibility index (Phi) is 4.59. The van der Waals surface area contributed by atoms with Crippen LogP contribution in [0, 0.1) is 13.8 Å². The molecule has 2 heterocycles. The molecule has 2 rings (SSSR count). The van der Waals surface area contributed by atoms with Crippen LogP contribution in [0.25, 0.3) is 0 Å². The van der Waals surface area contributed by atoms with Crippen LogP contribution in [0.15, 0.2) is 12.1 Å². The first-order valence-corrected chi connectivity index (χ1v) is 8.25. The molecule has 114 valence electrons. The first kappa shape index (κ1) is 16.2. The summed E-state index contributed by atoms with van der Waals surface area (Å²) in [6.07, 6.45) is 0. The summed E-state index contributed by atoms with van der Waals surface area (Å²) in [7, 11) is 0. The molecule has 0 aromatic carbocycles. The number of nitrogens with zero attached hydrogens (tertiary/aromatic N) is 2. The van der Waals surface area contributed by atoms with Gasteiger partial charge in [0.15, 0.2) is 0 Å². The van der Waals surface area contributed by atoms with Crippen molar-refractivity contribution in [2.24, 2.45) is 0 Å². The largest absolute Gasteiger partial charge is 0.362 e. The van der Waals surface area contributed by atoms with Crippen LogP contribution >= 0.6 is 22.9 Å². The molecule has 1 N–H and O–H groups in total. The molecule has 21 heavy (non-hydrogen) atoms. The smallest absolute Gasteiger partial charge is 0.137 e. The minimum absolute atomic E-state index is 0.128. The Morgan fingerprint density at radius 1 is 1.19 bits per heavy atom. The molecule has 0 saturated heterocycles. The molecule has 2 aromatic heterocycles. The van der Waals surface area contributed by atoms with E-state index in [1.54, 1.807) is 11.3 Å². The topological polar surface area (TPSA) is 37.8 Å². The zero-order valence-electron chi connectivity index (χ0n) is 13.4. The first-order chi connectivity index (χ1) is 9.68. The number of aryl methyl sites for hydroxylation is 1. The molecule has 1 unspecified atom stereocenters. The molecule has 0 amide bonds. The third kappa shape index (κ3) is 3.74. The van der Waals surface area contributed by atoms with Gasteiger partial charge in [0.1, 0.15) is 16.8 Å². The second-order valence-electron chi connectivity index (χ2n) is 6.38. The van der Waals surface area contributed by atoms with Crippen LogP contribution in [0.3, 0.4) is 0 Å². The summed E-state index contributed by atoms with van der Waals surface area (Å²) in [5.41, 5.74) is 0.765. The molecule has 0 fully saturated rings. The Morgan fingerprint density at radius 3 is 2.38 bits per heavy atom. The van der Waals surface area contributed by atoms with E-state index in [1.807, 2.05) is 6.92 Å². The number of aromatic nitrogens is 2. The van der Waals surface area contributed by atoms with E-state index in [1.165, 1.54) is 9.75 Å². The van der Waals surface area contributed by atoms with Crippen molar-refractivity contribution in [2.45, 2.75) is 53.0 Å². The highest BCUT2D eigenvalue weighted by atomic mass is 35.5. The number of hydrogen-bond acceptors (Lipinski definition) is 4. The average molecular weight is 324 g/mol. The van der Waals surface area contributed by atoms with Crippen molar-refractivity contribution in [3.63, 3.8) is 0 Å². The normalized spacial score (nSPS) is 13.3. The monoisotopic (exact) mass is 323 g/mol. The second kappa shape index (κ2) is 5.93. The van der Waals surface area contributed by atoms with Crippen molar-refractivity contribution >= 4 is 28.8 Å². The summed E-state index contributed by atoms with van der Waals surface area (Å²) in [4.78, 5) is 11.7. The lowest BCUT2D eigenvalue weighted by atomic mass is 9.95. The fourth-order valence-electron chi connectivity index (χ4n) is 1.93. The van der Waals surface area contributed by atoms with Crippen LogP contribution in [0.4, 0.5) is 5.82 Å². The minimum Gasteiger partial charge on any atom is -0.362 e. The molecule has 0 radical (unpaired) electrons. The van der Waals surface area contributed by atoms with Crippen molar-refractivity contribution in [3.8, 4) is 0 Å². The highest BCUT2D eigenvalue weighted by Gasteiger charge is 2.21. The van der Waals surface area contributed by atoms with Crippen molar-refractivity contribution in [1.29, 1.82) is 0 Å². The standard InChI is InChI=1S/C16H22ClN3S/c1-9-7-8-12(21-9)11(3)18-14-10(2)13(17)19-15(20-14)16(4,5)6/h7-8,11H,1-6H3,(H,18,19,20). The van der Waals surface area contributed by atoms with Gasteiger partial charge in [-0.1, -0.05) is 32.4 Å². The van der Waals surface area contributed by atoms with Gasteiger partial charge < -0.3 is 5.32 Å². The van der Waals surface area contributed by atoms with E-state index in [4.69, 9.17) is 11.6 Å². The molecular formula is C16H22ClN3S. The maximum atomic E-state index is 6.27. The van der Waals surface area contributed by atoms with Gasteiger partial charge in [0.25, 0.3) is 0 Å². The molecule has 5 heteroatoms. The number of anilines is 1. The predicted octanol–water partition coefficient (Wildman–Crippen LogP) is 5.28. The van der Waals surface area contributed by atoms with Gasteiger partial charge in [-0.05, 0) is 32.9 Å². The summed E-state index contributed by atoms with van der Waals surface area (Å²) in [6, 6.07) is 4.49. The molecular weight excluding hydrogens is 302 g/mol. The van der Waals surface area contributed by atoms with Gasteiger partial charge in [0.05, 0.1) is 6.04 Å². The lowest BCUT2D eigenvalue weighted by molar-refractivity contribution is 0.545. The van der Waals surface area contributed by atoms with Gasteiger partial charge >= 0.3 is 0 Å². The van der Waals surface area contributed by atoms with E-state index in [-0.39, 0.29) is 11.5 Å². The Bertz CT molecular complexity index is 643. The minimum atomic E-state index is -0.128. The van der Waals surface area contributed by atoms with Crippen molar-refractivity contribution in [1.82, 2.24) is 9.97 Å². The number of hydrogen-bond donors (Lipinski definition) is 1. The highest BCUT2D eigenvalue weighted by molar-refractivity contribution is 7.12. The fraction of sp³-hybridized carbons (Fsp3) is 0.500. The lowest BCUT2D eigenvalue weighted by Crippen LogP contribution is -2.19. The van der Waals surface area contributed by atoms with Gasteiger partial charge in [-0.15, -0.1) is 11.3 Å². The van der Waals surface area contributed by atoms with E-state index in [0.717, 1.165) is 17.2 Å². The zero-order chi connectivity index (χ0) is 15.8. The van der Waals surface area contributed by atoms with Gasteiger partial charge in [0, 0.05) is 20.7 Å². The quantitative estimate of drug-likeness (QED) is 0.781. The van der Waals surface area contributed by atoms with E-state index in [9.17, 15) is 0 Å². The number of rotatable bonds is 3. The number of thiophene rings is 1. The Hall–Kier alpha value is -1.13. The van der Waals surface area contributed by atoms with Crippen LogP contribution < -0.4 is 5.32 Å². The summed E-state index contributed by atoms with van der Waals surface area (Å²) in [5.74, 6) is 1.58. The SMILES string of the molecule is Cc1ccc(C(C)Nc2nc(C(C)(C)C)nc(Cl)c2C)s1. The molecule has 0 aliphatic rings. The maximum absolute atomic E-state index is 6.27. The predicted molar refractivity (Wildman–Crippen MR) is 91.6 cm³/mol. The molecule has 3 nitrogen and oxygen atoms in total. The lowest BCUT2D eigenvalue weighted by Gasteiger charge is -2.21. The van der Waals surface area contributed by atoms with E-state index in [2.05, 4.69) is 62.0 Å².